The van der Waals surface area contributed by atoms with Crippen molar-refractivity contribution >= 4 is 17.9 Å². The summed E-state index contributed by atoms with van der Waals surface area (Å²) in [6.45, 7) is 6.67. The van der Waals surface area contributed by atoms with Crippen LogP contribution in [0, 0.1) is 0 Å². The monoisotopic (exact) mass is 917 g/mol. The van der Waals surface area contributed by atoms with E-state index in [9.17, 15) is 14.4 Å². The van der Waals surface area contributed by atoms with Crippen LogP contribution in [0.3, 0.4) is 0 Å². The van der Waals surface area contributed by atoms with E-state index in [4.69, 9.17) is 14.2 Å². The van der Waals surface area contributed by atoms with Crippen molar-refractivity contribution in [2.45, 2.75) is 335 Å². The topological polar surface area (TPSA) is 78.9 Å². The van der Waals surface area contributed by atoms with Gasteiger partial charge in [-0.3, -0.25) is 14.4 Å². The largest absolute Gasteiger partial charge is 0.462 e. The smallest absolute Gasteiger partial charge is 0.306 e. The Labute approximate surface area is 405 Å². The van der Waals surface area contributed by atoms with Crippen molar-refractivity contribution in [1.82, 2.24) is 0 Å². The zero-order chi connectivity index (χ0) is 47.2. The van der Waals surface area contributed by atoms with E-state index >= 15 is 0 Å². The summed E-state index contributed by atoms with van der Waals surface area (Å²) in [5.41, 5.74) is 0. The SMILES string of the molecule is CCCCCCCCC/C=C\CCCCCCCCCC(=O)OC(COC(=O)CCCCCCCCCCC)COC(=O)CCCCCCCCCCCCCCCCCCCCCC. The van der Waals surface area contributed by atoms with Gasteiger partial charge in [0, 0.05) is 19.3 Å². The van der Waals surface area contributed by atoms with E-state index in [-0.39, 0.29) is 31.1 Å². The second-order valence-corrected chi connectivity index (χ2v) is 19.9. The molecule has 0 saturated heterocycles. The molecule has 0 fully saturated rings. The van der Waals surface area contributed by atoms with Gasteiger partial charge in [-0.1, -0.05) is 277 Å². The molecule has 0 spiro atoms. The van der Waals surface area contributed by atoms with Gasteiger partial charge >= 0.3 is 17.9 Å². The summed E-state index contributed by atoms with van der Waals surface area (Å²) >= 11 is 0. The minimum absolute atomic E-state index is 0.0661. The van der Waals surface area contributed by atoms with Gasteiger partial charge < -0.3 is 14.2 Å². The first kappa shape index (κ1) is 63.1. The molecule has 65 heavy (non-hydrogen) atoms. The first-order chi connectivity index (χ1) is 32.0. The van der Waals surface area contributed by atoms with E-state index in [2.05, 4.69) is 32.9 Å². The van der Waals surface area contributed by atoms with Crippen LogP contribution in [0.2, 0.25) is 0 Å². The zero-order valence-electron chi connectivity index (χ0n) is 44.0. The maximum atomic E-state index is 12.8. The van der Waals surface area contributed by atoms with Crippen LogP contribution in [0.15, 0.2) is 12.2 Å². The van der Waals surface area contributed by atoms with Crippen LogP contribution in [-0.2, 0) is 28.6 Å². The van der Waals surface area contributed by atoms with E-state index in [1.54, 1.807) is 0 Å². The van der Waals surface area contributed by atoms with E-state index in [0.717, 1.165) is 57.8 Å². The lowest BCUT2D eigenvalue weighted by Crippen LogP contribution is -2.30. The van der Waals surface area contributed by atoms with Crippen molar-refractivity contribution in [2.75, 3.05) is 13.2 Å². The highest BCUT2D eigenvalue weighted by atomic mass is 16.6. The Balaban J connectivity index is 4.21. The van der Waals surface area contributed by atoms with Gasteiger partial charge in [-0.2, -0.15) is 0 Å². The molecule has 0 aromatic rings. The Morgan fingerprint density at radius 1 is 0.292 bits per heavy atom. The Hall–Kier alpha value is -1.85. The predicted molar refractivity (Wildman–Crippen MR) is 280 cm³/mol. The molecule has 0 heterocycles. The summed E-state index contributed by atoms with van der Waals surface area (Å²) in [4.78, 5) is 38.0. The number of esters is 3. The summed E-state index contributed by atoms with van der Waals surface area (Å²) in [5.74, 6) is -0.850. The molecule has 0 saturated carbocycles. The van der Waals surface area contributed by atoms with Gasteiger partial charge in [0.25, 0.3) is 0 Å². The predicted octanol–water partition coefficient (Wildman–Crippen LogP) is 19.3. The van der Waals surface area contributed by atoms with Gasteiger partial charge in [0.15, 0.2) is 6.10 Å². The van der Waals surface area contributed by atoms with Crippen molar-refractivity contribution in [3.8, 4) is 0 Å². The summed E-state index contributed by atoms with van der Waals surface area (Å²) in [5, 5.41) is 0. The lowest BCUT2D eigenvalue weighted by Gasteiger charge is -2.18. The zero-order valence-corrected chi connectivity index (χ0v) is 44.0. The van der Waals surface area contributed by atoms with Crippen molar-refractivity contribution in [2.24, 2.45) is 0 Å². The first-order valence-electron chi connectivity index (χ1n) is 29.2. The Morgan fingerprint density at radius 3 is 0.769 bits per heavy atom. The molecule has 0 radical (unpaired) electrons. The molecule has 6 nitrogen and oxygen atoms in total. The standard InChI is InChI=1S/C59H112O6/c1-4-7-10-13-16-19-21-23-25-27-29-30-32-33-35-37-40-43-46-49-52-58(61)64-55-56(54-63-57(60)51-48-45-42-39-18-15-12-9-6-3)65-59(62)53-50-47-44-41-38-36-34-31-28-26-24-22-20-17-14-11-8-5-2/h26,28,56H,4-25,27,29-55H2,1-3H3/b28-26-. The molecule has 0 rings (SSSR count). The minimum atomic E-state index is -0.766. The van der Waals surface area contributed by atoms with E-state index in [0.29, 0.717) is 19.3 Å². The Morgan fingerprint density at radius 2 is 0.508 bits per heavy atom. The number of hydrogen-bond donors (Lipinski definition) is 0. The molecule has 0 aliphatic rings. The normalized spacial score (nSPS) is 12.0. The van der Waals surface area contributed by atoms with Gasteiger partial charge in [-0.05, 0) is 44.9 Å². The third-order valence-electron chi connectivity index (χ3n) is 13.3. The molecule has 1 unspecified atom stereocenters. The second kappa shape index (κ2) is 54.8. The number of carbonyl (C=O) groups is 3. The number of unbranched alkanes of at least 4 members (excludes halogenated alkanes) is 41. The van der Waals surface area contributed by atoms with Crippen LogP contribution in [0.1, 0.15) is 329 Å². The molecule has 6 heteroatoms. The van der Waals surface area contributed by atoms with Gasteiger partial charge in [0.05, 0.1) is 0 Å². The lowest BCUT2D eigenvalue weighted by atomic mass is 10.0. The Bertz CT molecular complexity index is 1010. The van der Waals surface area contributed by atoms with Crippen molar-refractivity contribution in [3.05, 3.63) is 12.2 Å². The average Bonchev–Trinajstić information content (AvgIpc) is 3.30. The summed E-state index contributed by atoms with van der Waals surface area (Å²) in [7, 11) is 0. The van der Waals surface area contributed by atoms with Gasteiger partial charge in [-0.15, -0.1) is 0 Å². The van der Waals surface area contributed by atoms with Crippen LogP contribution in [0.25, 0.3) is 0 Å². The number of allylic oxidation sites excluding steroid dienone is 2. The van der Waals surface area contributed by atoms with Gasteiger partial charge in [-0.25, -0.2) is 0 Å². The molecular weight excluding hydrogens is 805 g/mol. The van der Waals surface area contributed by atoms with Crippen LogP contribution >= 0.6 is 0 Å². The molecule has 1 atom stereocenters. The summed E-state index contributed by atoms with van der Waals surface area (Å²) in [6, 6.07) is 0. The number of carbonyl (C=O) groups excluding carboxylic acids is 3. The van der Waals surface area contributed by atoms with E-state index in [1.807, 2.05) is 0 Å². The summed E-state index contributed by atoms with van der Waals surface area (Å²) < 4.78 is 16.8. The molecule has 0 aromatic carbocycles. The molecule has 0 bridgehead atoms. The van der Waals surface area contributed by atoms with E-state index < -0.39 is 6.10 Å². The quantitative estimate of drug-likeness (QED) is 0.0262. The maximum Gasteiger partial charge on any atom is 0.306 e. The minimum Gasteiger partial charge on any atom is -0.462 e. The van der Waals surface area contributed by atoms with Gasteiger partial charge in [0.1, 0.15) is 13.2 Å². The third kappa shape index (κ3) is 53.0. The van der Waals surface area contributed by atoms with E-state index in [1.165, 1.54) is 231 Å². The fourth-order valence-corrected chi connectivity index (χ4v) is 8.85. The molecule has 384 valence electrons. The highest BCUT2D eigenvalue weighted by Crippen LogP contribution is 2.17. The molecule has 0 aliphatic carbocycles. The fraction of sp³-hybridized carbons (Fsp3) is 0.915. The molecule has 0 aromatic heterocycles. The molecule has 0 aliphatic heterocycles. The van der Waals surface area contributed by atoms with Gasteiger partial charge in [0.2, 0.25) is 0 Å². The second-order valence-electron chi connectivity index (χ2n) is 19.9. The molecule has 0 N–H and O–H groups in total. The Kier molecular flexibility index (Phi) is 53.2. The highest BCUT2D eigenvalue weighted by Gasteiger charge is 2.19. The maximum absolute atomic E-state index is 12.8. The van der Waals surface area contributed by atoms with Crippen molar-refractivity contribution in [3.63, 3.8) is 0 Å². The van der Waals surface area contributed by atoms with Crippen LogP contribution in [0.5, 0.6) is 0 Å². The number of rotatable bonds is 54. The van der Waals surface area contributed by atoms with Crippen LogP contribution < -0.4 is 0 Å². The summed E-state index contributed by atoms with van der Waals surface area (Å²) in [6.07, 6.45) is 62.1. The van der Waals surface area contributed by atoms with Crippen LogP contribution in [-0.4, -0.2) is 37.2 Å². The highest BCUT2D eigenvalue weighted by molar-refractivity contribution is 5.71. The third-order valence-corrected chi connectivity index (χ3v) is 13.3. The van der Waals surface area contributed by atoms with Crippen LogP contribution in [0.4, 0.5) is 0 Å². The number of hydrogen-bond acceptors (Lipinski definition) is 6. The fourth-order valence-electron chi connectivity index (χ4n) is 8.85. The number of ether oxygens (including phenoxy) is 3. The molecule has 0 amide bonds. The average molecular weight is 918 g/mol. The first-order valence-corrected chi connectivity index (χ1v) is 29.2. The van der Waals surface area contributed by atoms with Crippen molar-refractivity contribution in [1.29, 1.82) is 0 Å². The lowest BCUT2D eigenvalue weighted by molar-refractivity contribution is -0.167. The van der Waals surface area contributed by atoms with Crippen molar-refractivity contribution < 1.29 is 28.6 Å². The molecular formula is C59H112O6.